The van der Waals surface area contributed by atoms with Crippen molar-refractivity contribution in [3.05, 3.63) is 17.8 Å². The van der Waals surface area contributed by atoms with Crippen LogP contribution in [0.25, 0.3) is 0 Å². The Bertz CT molecular complexity index is 283. The Balaban J connectivity index is 0.00000112. The van der Waals surface area contributed by atoms with Crippen molar-refractivity contribution in [2.75, 3.05) is 31.1 Å². The molecule has 0 aliphatic carbocycles. The third-order valence-electron chi connectivity index (χ3n) is 2.45. The summed E-state index contributed by atoms with van der Waals surface area (Å²) >= 11 is 0. The average molecular weight is 354 g/mol. The van der Waals surface area contributed by atoms with Gasteiger partial charge in [0.25, 0.3) is 0 Å². The zero-order valence-electron chi connectivity index (χ0n) is 9.35. The van der Waals surface area contributed by atoms with Gasteiger partial charge in [-0.1, -0.05) is 0 Å². The molecule has 2 heterocycles. The van der Waals surface area contributed by atoms with Gasteiger partial charge in [0.1, 0.15) is 0 Å². The van der Waals surface area contributed by atoms with E-state index in [1.807, 2.05) is 19.1 Å². The van der Waals surface area contributed by atoms with E-state index in [2.05, 4.69) is 20.4 Å². The largest absolute Gasteiger partial charge is 0.354 e. The molecule has 0 amide bonds. The van der Waals surface area contributed by atoms with Crippen LogP contribution < -0.4 is 10.2 Å². The van der Waals surface area contributed by atoms with Gasteiger partial charge in [0.2, 0.25) is 0 Å². The van der Waals surface area contributed by atoms with Crippen molar-refractivity contribution in [1.29, 1.82) is 0 Å². The molecule has 0 radical (unpaired) electrons. The van der Waals surface area contributed by atoms with Crippen molar-refractivity contribution in [3.63, 3.8) is 0 Å². The molecule has 1 fully saturated rings. The summed E-state index contributed by atoms with van der Waals surface area (Å²) < 4.78 is 0. The monoisotopic (exact) mass is 352 g/mol. The number of anilines is 1. The third-order valence-corrected chi connectivity index (χ3v) is 2.45. The number of halogens is 2. The molecule has 6 heteroatoms. The molecule has 1 N–H and O–H groups in total. The van der Waals surface area contributed by atoms with Crippen LogP contribution in [0.3, 0.4) is 0 Å². The van der Waals surface area contributed by atoms with Gasteiger partial charge in [-0.25, -0.2) is 0 Å². The number of hydrogen-bond donors (Lipinski definition) is 1. The summed E-state index contributed by atoms with van der Waals surface area (Å²) in [5.74, 6) is 0.999. The molecule has 0 saturated carbocycles. The summed E-state index contributed by atoms with van der Waals surface area (Å²) in [7, 11) is 0. The van der Waals surface area contributed by atoms with Gasteiger partial charge in [-0.3, -0.25) is 0 Å². The van der Waals surface area contributed by atoms with E-state index in [1.54, 1.807) is 0 Å². The molecular formula is C10H18Br2N4. The second-order valence-electron chi connectivity index (χ2n) is 3.62. The highest BCUT2D eigenvalue weighted by Gasteiger charge is 2.10. The molecular weight excluding hydrogens is 336 g/mol. The normalized spacial score (nSPS) is 15.7. The van der Waals surface area contributed by atoms with Crippen LogP contribution in [0.5, 0.6) is 0 Å². The molecule has 1 aliphatic heterocycles. The topological polar surface area (TPSA) is 41.0 Å². The summed E-state index contributed by atoms with van der Waals surface area (Å²) in [5.41, 5.74) is 0.974. The third kappa shape index (κ3) is 4.35. The van der Waals surface area contributed by atoms with Crippen LogP contribution in [0.15, 0.2) is 12.1 Å². The second kappa shape index (κ2) is 7.97. The van der Waals surface area contributed by atoms with E-state index >= 15 is 0 Å². The van der Waals surface area contributed by atoms with Crippen LogP contribution in [0.2, 0.25) is 0 Å². The van der Waals surface area contributed by atoms with Crippen molar-refractivity contribution >= 4 is 39.8 Å². The average Bonchev–Trinajstić information content (AvgIpc) is 2.47. The summed E-state index contributed by atoms with van der Waals surface area (Å²) in [6, 6.07) is 4.06. The number of aromatic nitrogens is 2. The molecule has 92 valence electrons. The molecule has 0 atom stereocenters. The van der Waals surface area contributed by atoms with Gasteiger partial charge < -0.3 is 10.2 Å². The molecule has 0 spiro atoms. The van der Waals surface area contributed by atoms with Gasteiger partial charge in [0.05, 0.1) is 5.69 Å². The van der Waals surface area contributed by atoms with E-state index in [9.17, 15) is 0 Å². The van der Waals surface area contributed by atoms with Crippen LogP contribution >= 0.6 is 34.0 Å². The first-order valence-corrected chi connectivity index (χ1v) is 5.12. The van der Waals surface area contributed by atoms with E-state index in [0.29, 0.717) is 0 Å². The van der Waals surface area contributed by atoms with Crippen LogP contribution in [0.1, 0.15) is 12.1 Å². The van der Waals surface area contributed by atoms with Crippen molar-refractivity contribution in [3.8, 4) is 0 Å². The lowest BCUT2D eigenvalue weighted by molar-refractivity contribution is 0.724. The maximum absolute atomic E-state index is 4.19. The molecule has 0 unspecified atom stereocenters. The van der Waals surface area contributed by atoms with Gasteiger partial charge in [-0.05, 0) is 32.0 Å². The molecule has 4 nitrogen and oxygen atoms in total. The van der Waals surface area contributed by atoms with Crippen LogP contribution in [-0.2, 0) is 0 Å². The Morgan fingerprint density at radius 3 is 2.62 bits per heavy atom. The van der Waals surface area contributed by atoms with Crippen molar-refractivity contribution < 1.29 is 0 Å². The minimum Gasteiger partial charge on any atom is -0.354 e. The van der Waals surface area contributed by atoms with E-state index < -0.39 is 0 Å². The zero-order valence-corrected chi connectivity index (χ0v) is 12.8. The minimum atomic E-state index is 0. The van der Waals surface area contributed by atoms with Gasteiger partial charge in [0, 0.05) is 19.6 Å². The fourth-order valence-corrected chi connectivity index (χ4v) is 1.64. The van der Waals surface area contributed by atoms with E-state index in [0.717, 1.165) is 37.7 Å². The summed E-state index contributed by atoms with van der Waals surface area (Å²) in [5, 5.41) is 11.6. The fourth-order valence-electron chi connectivity index (χ4n) is 1.64. The first kappa shape index (κ1) is 15.8. The standard InChI is InChI=1S/C10H16N4.2BrH/c1-9-3-4-10(13-12-9)14-7-2-5-11-6-8-14;;/h3-4,11H,2,5-8H2,1H3;2*1H. The highest BCUT2D eigenvalue weighted by Crippen LogP contribution is 2.10. The maximum atomic E-state index is 4.19. The number of nitrogens with one attached hydrogen (secondary N) is 1. The highest BCUT2D eigenvalue weighted by atomic mass is 79.9. The van der Waals surface area contributed by atoms with Crippen LogP contribution in [-0.4, -0.2) is 36.4 Å². The van der Waals surface area contributed by atoms with Gasteiger partial charge in [0.15, 0.2) is 5.82 Å². The predicted molar refractivity (Wildman–Crippen MR) is 77.1 cm³/mol. The molecule has 1 aromatic heterocycles. The molecule has 1 aromatic rings. The smallest absolute Gasteiger partial charge is 0.151 e. The summed E-state index contributed by atoms with van der Waals surface area (Å²) in [6.45, 7) is 6.20. The van der Waals surface area contributed by atoms with Gasteiger partial charge in [-0.15, -0.1) is 39.1 Å². The van der Waals surface area contributed by atoms with Gasteiger partial charge >= 0.3 is 0 Å². The minimum absolute atomic E-state index is 0. The van der Waals surface area contributed by atoms with Crippen LogP contribution in [0, 0.1) is 6.92 Å². The Morgan fingerprint density at radius 2 is 1.94 bits per heavy atom. The van der Waals surface area contributed by atoms with E-state index in [-0.39, 0.29) is 34.0 Å². The molecule has 16 heavy (non-hydrogen) atoms. The SMILES string of the molecule is Br.Br.Cc1ccc(N2CCCNCC2)nn1. The lowest BCUT2D eigenvalue weighted by atomic mass is 10.3. The Labute approximate surface area is 117 Å². The summed E-state index contributed by atoms with van der Waals surface area (Å²) in [6.07, 6.45) is 1.18. The lowest BCUT2D eigenvalue weighted by Gasteiger charge is -2.19. The number of rotatable bonds is 1. The van der Waals surface area contributed by atoms with E-state index in [4.69, 9.17) is 0 Å². The van der Waals surface area contributed by atoms with E-state index in [1.165, 1.54) is 6.42 Å². The molecule has 2 rings (SSSR count). The maximum Gasteiger partial charge on any atom is 0.151 e. The molecule has 0 bridgehead atoms. The molecule has 0 aromatic carbocycles. The fraction of sp³-hybridized carbons (Fsp3) is 0.600. The van der Waals surface area contributed by atoms with Crippen molar-refractivity contribution in [2.45, 2.75) is 13.3 Å². The van der Waals surface area contributed by atoms with Crippen molar-refractivity contribution in [2.24, 2.45) is 0 Å². The Morgan fingerprint density at radius 1 is 1.12 bits per heavy atom. The second-order valence-corrected chi connectivity index (χ2v) is 3.62. The van der Waals surface area contributed by atoms with Crippen LogP contribution in [0.4, 0.5) is 5.82 Å². The quantitative estimate of drug-likeness (QED) is 0.834. The Hall–Kier alpha value is -0.200. The predicted octanol–water partition coefficient (Wildman–Crippen LogP) is 1.74. The lowest BCUT2D eigenvalue weighted by Crippen LogP contribution is -2.28. The number of hydrogen-bond acceptors (Lipinski definition) is 4. The summed E-state index contributed by atoms with van der Waals surface area (Å²) in [4.78, 5) is 2.28. The Kier molecular flexibility index (Phi) is 7.87. The first-order valence-electron chi connectivity index (χ1n) is 5.12. The van der Waals surface area contributed by atoms with Crippen molar-refractivity contribution in [1.82, 2.24) is 15.5 Å². The molecule has 1 saturated heterocycles. The number of aryl methyl sites for hydroxylation is 1. The zero-order chi connectivity index (χ0) is 9.80. The molecule has 1 aliphatic rings. The highest BCUT2D eigenvalue weighted by molar-refractivity contribution is 8.93. The van der Waals surface area contributed by atoms with Gasteiger partial charge in [-0.2, -0.15) is 5.10 Å². The number of nitrogens with zero attached hydrogens (tertiary/aromatic N) is 3. The first-order chi connectivity index (χ1) is 6.86.